The summed E-state index contributed by atoms with van der Waals surface area (Å²) in [6.45, 7) is 4.18. The topological polar surface area (TPSA) is 46.5 Å². The molecule has 0 aliphatic heterocycles. The van der Waals surface area contributed by atoms with E-state index in [0.29, 0.717) is 6.61 Å². The SMILES string of the molecule is CCOC(=O)/C=C/[C@H](CC)CO. The van der Waals surface area contributed by atoms with E-state index in [1.54, 1.807) is 13.0 Å². The van der Waals surface area contributed by atoms with Gasteiger partial charge in [0.25, 0.3) is 0 Å². The van der Waals surface area contributed by atoms with Gasteiger partial charge in [-0.25, -0.2) is 4.79 Å². The van der Waals surface area contributed by atoms with E-state index in [1.165, 1.54) is 6.08 Å². The second-order valence-corrected chi connectivity index (χ2v) is 2.46. The van der Waals surface area contributed by atoms with Crippen LogP contribution in [0.2, 0.25) is 0 Å². The largest absolute Gasteiger partial charge is 0.463 e. The van der Waals surface area contributed by atoms with Crippen molar-refractivity contribution in [3.8, 4) is 0 Å². The average molecular weight is 172 g/mol. The molecule has 3 heteroatoms. The van der Waals surface area contributed by atoms with E-state index in [9.17, 15) is 4.79 Å². The predicted octanol–water partition coefficient (Wildman–Crippen LogP) is 1.12. The zero-order valence-corrected chi connectivity index (χ0v) is 7.62. The number of rotatable bonds is 5. The molecular weight excluding hydrogens is 156 g/mol. The van der Waals surface area contributed by atoms with E-state index in [-0.39, 0.29) is 18.5 Å². The van der Waals surface area contributed by atoms with Crippen molar-refractivity contribution in [2.75, 3.05) is 13.2 Å². The molecule has 1 N–H and O–H groups in total. The van der Waals surface area contributed by atoms with Gasteiger partial charge in [-0.1, -0.05) is 13.0 Å². The summed E-state index contributed by atoms with van der Waals surface area (Å²) in [5, 5.41) is 8.77. The van der Waals surface area contributed by atoms with Gasteiger partial charge >= 0.3 is 5.97 Å². The maximum Gasteiger partial charge on any atom is 0.330 e. The molecule has 0 aromatic heterocycles. The molecule has 0 bridgehead atoms. The number of hydrogen-bond donors (Lipinski definition) is 1. The van der Waals surface area contributed by atoms with Crippen molar-refractivity contribution in [2.24, 2.45) is 5.92 Å². The maximum absolute atomic E-state index is 10.8. The van der Waals surface area contributed by atoms with Gasteiger partial charge in [-0.05, 0) is 13.3 Å². The van der Waals surface area contributed by atoms with Gasteiger partial charge in [-0.2, -0.15) is 0 Å². The lowest BCUT2D eigenvalue weighted by Crippen LogP contribution is -2.04. The Morgan fingerprint density at radius 2 is 2.25 bits per heavy atom. The lowest BCUT2D eigenvalue weighted by Gasteiger charge is -2.03. The normalized spacial score (nSPS) is 13.2. The fraction of sp³-hybridized carbons (Fsp3) is 0.667. The summed E-state index contributed by atoms with van der Waals surface area (Å²) in [6.07, 6.45) is 3.87. The van der Waals surface area contributed by atoms with Crippen LogP contribution in [0.3, 0.4) is 0 Å². The molecule has 0 amide bonds. The highest BCUT2D eigenvalue weighted by atomic mass is 16.5. The number of carbonyl (C=O) groups is 1. The van der Waals surface area contributed by atoms with Crippen LogP contribution in [0.25, 0.3) is 0 Å². The number of aliphatic hydroxyl groups excluding tert-OH is 1. The molecule has 0 saturated heterocycles. The predicted molar refractivity (Wildman–Crippen MR) is 46.6 cm³/mol. The van der Waals surface area contributed by atoms with Crippen molar-refractivity contribution in [2.45, 2.75) is 20.3 Å². The zero-order valence-electron chi connectivity index (χ0n) is 7.62. The molecule has 0 aromatic carbocycles. The van der Waals surface area contributed by atoms with E-state index in [4.69, 9.17) is 5.11 Å². The highest BCUT2D eigenvalue weighted by Gasteiger charge is 2.00. The average Bonchev–Trinajstić information content (AvgIpc) is 2.07. The number of carbonyl (C=O) groups excluding carboxylic acids is 1. The number of ether oxygens (including phenoxy) is 1. The van der Waals surface area contributed by atoms with Crippen molar-refractivity contribution in [3.63, 3.8) is 0 Å². The number of aliphatic hydroxyl groups is 1. The summed E-state index contributed by atoms with van der Waals surface area (Å²) in [7, 11) is 0. The first kappa shape index (κ1) is 11.2. The summed E-state index contributed by atoms with van der Waals surface area (Å²) in [5.74, 6) is -0.279. The van der Waals surface area contributed by atoms with Gasteiger partial charge in [-0.3, -0.25) is 0 Å². The van der Waals surface area contributed by atoms with Crippen LogP contribution in [0.1, 0.15) is 20.3 Å². The molecule has 0 heterocycles. The standard InChI is InChI=1S/C9H16O3/c1-3-8(7-10)5-6-9(11)12-4-2/h5-6,8,10H,3-4,7H2,1-2H3/b6-5+/t8-/m0/s1. The molecule has 1 atom stereocenters. The van der Waals surface area contributed by atoms with Gasteiger partial charge in [-0.15, -0.1) is 0 Å². The molecule has 0 fully saturated rings. The third kappa shape index (κ3) is 4.91. The summed E-state index contributed by atoms with van der Waals surface area (Å²) < 4.78 is 4.67. The fourth-order valence-electron chi connectivity index (χ4n) is 0.731. The maximum atomic E-state index is 10.8. The van der Waals surface area contributed by atoms with Crippen molar-refractivity contribution in [1.29, 1.82) is 0 Å². The molecule has 0 aromatic rings. The Morgan fingerprint density at radius 3 is 2.67 bits per heavy atom. The van der Waals surface area contributed by atoms with E-state index in [0.717, 1.165) is 6.42 Å². The van der Waals surface area contributed by atoms with Crippen molar-refractivity contribution >= 4 is 5.97 Å². The van der Waals surface area contributed by atoms with Gasteiger partial charge < -0.3 is 9.84 Å². The van der Waals surface area contributed by atoms with Crippen molar-refractivity contribution < 1.29 is 14.6 Å². The highest BCUT2D eigenvalue weighted by molar-refractivity contribution is 5.81. The molecule has 0 aliphatic carbocycles. The van der Waals surface area contributed by atoms with Gasteiger partial charge in [0, 0.05) is 18.6 Å². The Labute approximate surface area is 73.0 Å². The van der Waals surface area contributed by atoms with Crippen molar-refractivity contribution in [1.82, 2.24) is 0 Å². The number of hydrogen-bond acceptors (Lipinski definition) is 3. The minimum Gasteiger partial charge on any atom is -0.463 e. The molecule has 0 saturated carbocycles. The summed E-state index contributed by atoms with van der Waals surface area (Å²) >= 11 is 0. The first-order valence-corrected chi connectivity index (χ1v) is 4.20. The minimum absolute atomic E-state index is 0.0643. The van der Waals surface area contributed by atoms with E-state index in [1.807, 2.05) is 6.92 Å². The second kappa shape index (κ2) is 6.85. The smallest absolute Gasteiger partial charge is 0.330 e. The zero-order chi connectivity index (χ0) is 9.40. The van der Waals surface area contributed by atoms with Crippen LogP contribution in [-0.2, 0) is 9.53 Å². The second-order valence-electron chi connectivity index (χ2n) is 2.46. The van der Waals surface area contributed by atoms with Crippen LogP contribution in [-0.4, -0.2) is 24.3 Å². The molecule has 12 heavy (non-hydrogen) atoms. The molecule has 3 nitrogen and oxygen atoms in total. The van der Waals surface area contributed by atoms with Crippen LogP contribution >= 0.6 is 0 Å². The molecule has 0 radical (unpaired) electrons. The summed E-state index contributed by atoms with van der Waals surface area (Å²) in [5.41, 5.74) is 0. The Hall–Kier alpha value is -0.830. The quantitative estimate of drug-likeness (QED) is 0.499. The number of esters is 1. The summed E-state index contributed by atoms with van der Waals surface area (Å²) in [6, 6.07) is 0. The van der Waals surface area contributed by atoms with E-state index < -0.39 is 0 Å². The first-order valence-electron chi connectivity index (χ1n) is 4.20. The molecule has 0 spiro atoms. The van der Waals surface area contributed by atoms with Gasteiger partial charge in [0.15, 0.2) is 0 Å². The molecule has 0 unspecified atom stereocenters. The van der Waals surface area contributed by atoms with Gasteiger partial charge in [0.2, 0.25) is 0 Å². The Morgan fingerprint density at radius 1 is 1.58 bits per heavy atom. The van der Waals surface area contributed by atoms with Crippen molar-refractivity contribution in [3.05, 3.63) is 12.2 Å². The van der Waals surface area contributed by atoms with Gasteiger partial charge in [0.1, 0.15) is 0 Å². The Balaban J connectivity index is 3.78. The lowest BCUT2D eigenvalue weighted by molar-refractivity contribution is -0.137. The lowest BCUT2D eigenvalue weighted by atomic mass is 10.1. The van der Waals surface area contributed by atoms with Crippen LogP contribution in [0.15, 0.2) is 12.2 Å². The fourth-order valence-corrected chi connectivity index (χ4v) is 0.731. The van der Waals surface area contributed by atoms with Gasteiger partial charge in [0.05, 0.1) is 6.61 Å². The Bertz CT molecular complexity index is 148. The Kier molecular flexibility index (Phi) is 6.38. The minimum atomic E-state index is -0.343. The monoisotopic (exact) mass is 172 g/mol. The van der Waals surface area contributed by atoms with Crippen LogP contribution in [0.5, 0.6) is 0 Å². The summed E-state index contributed by atoms with van der Waals surface area (Å²) in [4.78, 5) is 10.8. The molecule has 0 rings (SSSR count). The molecular formula is C9H16O3. The third-order valence-corrected chi connectivity index (χ3v) is 1.55. The van der Waals surface area contributed by atoms with E-state index in [2.05, 4.69) is 4.74 Å². The van der Waals surface area contributed by atoms with E-state index >= 15 is 0 Å². The third-order valence-electron chi connectivity index (χ3n) is 1.55. The molecule has 0 aliphatic rings. The molecule has 70 valence electrons. The van der Waals surface area contributed by atoms with Crippen LogP contribution < -0.4 is 0 Å². The van der Waals surface area contributed by atoms with Crippen LogP contribution in [0.4, 0.5) is 0 Å². The first-order chi connectivity index (χ1) is 5.74. The highest BCUT2D eigenvalue weighted by Crippen LogP contribution is 2.02. The van der Waals surface area contributed by atoms with Crippen LogP contribution in [0, 0.1) is 5.92 Å².